The predicted molar refractivity (Wildman–Crippen MR) is 106 cm³/mol. The molecule has 140 valence electrons. The van der Waals surface area contributed by atoms with E-state index in [1.165, 1.54) is 11.8 Å². The van der Waals surface area contributed by atoms with E-state index in [1.54, 1.807) is 23.7 Å². The van der Waals surface area contributed by atoms with Crippen molar-refractivity contribution in [3.05, 3.63) is 41.4 Å². The molecule has 0 bridgehead atoms. The summed E-state index contributed by atoms with van der Waals surface area (Å²) in [5, 5.41) is 13.9. The van der Waals surface area contributed by atoms with Gasteiger partial charge in [-0.05, 0) is 31.9 Å². The van der Waals surface area contributed by atoms with E-state index in [1.807, 2.05) is 24.4 Å². The van der Waals surface area contributed by atoms with Gasteiger partial charge in [-0.2, -0.15) is 0 Å². The van der Waals surface area contributed by atoms with Crippen molar-refractivity contribution in [2.45, 2.75) is 43.1 Å². The number of hydrogen-bond acceptors (Lipinski definition) is 7. The number of hydrogen-bond donors (Lipinski definition) is 1. The van der Waals surface area contributed by atoms with Crippen LogP contribution in [0.1, 0.15) is 24.4 Å². The van der Waals surface area contributed by atoms with Gasteiger partial charge in [-0.25, -0.2) is 4.98 Å². The topological polar surface area (TPSA) is 85.6 Å². The summed E-state index contributed by atoms with van der Waals surface area (Å²) in [7, 11) is 0. The molecule has 1 amide bonds. The molecule has 0 aliphatic carbocycles. The fourth-order valence-corrected chi connectivity index (χ4v) is 4.80. The quantitative estimate of drug-likeness (QED) is 0.663. The molecule has 0 radical (unpaired) electrons. The van der Waals surface area contributed by atoms with E-state index in [2.05, 4.69) is 30.0 Å². The Kier molecular flexibility index (Phi) is 5.49. The number of carbonyl (C=O) groups is 1. The monoisotopic (exact) mass is 400 g/mol. The van der Waals surface area contributed by atoms with Crippen LogP contribution in [-0.4, -0.2) is 42.4 Å². The van der Waals surface area contributed by atoms with Crippen molar-refractivity contribution in [2.24, 2.45) is 0 Å². The number of nitrogens with zero attached hydrogens (tertiary/aromatic N) is 5. The van der Waals surface area contributed by atoms with Crippen molar-refractivity contribution in [2.75, 3.05) is 5.75 Å². The first-order valence-corrected chi connectivity index (χ1v) is 10.7. The number of aryl methyl sites for hydroxylation is 2. The summed E-state index contributed by atoms with van der Waals surface area (Å²) < 4.78 is 3.10. The molecular formula is C18H20N6OS2. The highest BCUT2D eigenvalue weighted by molar-refractivity contribution is 8.01. The molecule has 0 spiro atoms. The molecule has 1 N–H and O–H groups in total. The van der Waals surface area contributed by atoms with Crippen LogP contribution < -0.4 is 5.32 Å². The Balaban J connectivity index is 1.35. The molecule has 0 saturated heterocycles. The molecule has 27 heavy (non-hydrogen) atoms. The van der Waals surface area contributed by atoms with Crippen molar-refractivity contribution in [3.63, 3.8) is 0 Å². The highest BCUT2D eigenvalue weighted by Crippen LogP contribution is 2.24. The summed E-state index contributed by atoms with van der Waals surface area (Å²) in [5.74, 6) is 2.31. The van der Waals surface area contributed by atoms with E-state index in [-0.39, 0.29) is 11.9 Å². The number of rotatable bonds is 5. The van der Waals surface area contributed by atoms with Crippen LogP contribution in [0.25, 0.3) is 11.4 Å². The van der Waals surface area contributed by atoms with E-state index in [0.29, 0.717) is 5.75 Å². The zero-order valence-electron chi connectivity index (χ0n) is 15.0. The van der Waals surface area contributed by atoms with E-state index >= 15 is 0 Å². The number of carbonyl (C=O) groups excluding carboxylic acids is 1. The van der Waals surface area contributed by atoms with Crippen LogP contribution in [0, 0.1) is 6.92 Å². The third-order valence-corrected chi connectivity index (χ3v) is 6.61. The fourth-order valence-electron chi connectivity index (χ4n) is 3.14. The maximum absolute atomic E-state index is 12.3. The first kappa shape index (κ1) is 18.1. The Morgan fingerprint density at radius 1 is 1.33 bits per heavy atom. The van der Waals surface area contributed by atoms with Gasteiger partial charge in [0, 0.05) is 48.0 Å². The van der Waals surface area contributed by atoms with E-state index in [4.69, 9.17) is 0 Å². The molecule has 1 aliphatic rings. The van der Waals surface area contributed by atoms with Crippen LogP contribution in [0.3, 0.4) is 0 Å². The summed E-state index contributed by atoms with van der Waals surface area (Å²) >= 11 is 3.08. The van der Waals surface area contributed by atoms with Gasteiger partial charge >= 0.3 is 0 Å². The van der Waals surface area contributed by atoms with Crippen LogP contribution in [0.4, 0.5) is 0 Å². The molecule has 3 aromatic heterocycles. The summed E-state index contributed by atoms with van der Waals surface area (Å²) in [4.78, 5) is 20.7. The van der Waals surface area contributed by atoms with Crippen LogP contribution >= 0.6 is 23.1 Å². The third-order valence-electron chi connectivity index (χ3n) is 4.47. The molecule has 7 nitrogen and oxygen atoms in total. The SMILES string of the molecule is Cc1csc(SCC(=O)NC2CCc3nnc(-c4ccncc4)n3CC2)n1. The molecule has 1 atom stereocenters. The van der Waals surface area contributed by atoms with Crippen LogP contribution in [0.5, 0.6) is 0 Å². The predicted octanol–water partition coefficient (Wildman–Crippen LogP) is 2.72. The van der Waals surface area contributed by atoms with Gasteiger partial charge in [0.25, 0.3) is 0 Å². The number of thiazole rings is 1. The zero-order valence-corrected chi connectivity index (χ0v) is 16.6. The minimum absolute atomic E-state index is 0.0601. The molecule has 1 unspecified atom stereocenters. The maximum atomic E-state index is 12.3. The second-order valence-corrected chi connectivity index (χ2v) is 8.54. The van der Waals surface area contributed by atoms with Crippen molar-refractivity contribution < 1.29 is 4.79 Å². The third kappa shape index (κ3) is 4.36. The lowest BCUT2D eigenvalue weighted by Crippen LogP contribution is -2.36. The molecule has 0 saturated carbocycles. The number of thioether (sulfide) groups is 1. The van der Waals surface area contributed by atoms with E-state index in [9.17, 15) is 4.79 Å². The first-order valence-electron chi connectivity index (χ1n) is 8.86. The molecule has 9 heteroatoms. The Labute approximate surface area is 165 Å². The number of nitrogens with one attached hydrogen (secondary N) is 1. The van der Waals surface area contributed by atoms with Crippen molar-refractivity contribution in [1.82, 2.24) is 30.0 Å². The smallest absolute Gasteiger partial charge is 0.230 e. The van der Waals surface area contributed by atoms with Gasteiger partial charge in [-0.15, -0.1) is 21.5 Å². The maximum Gasteiger partial charge on any atom is 0.230 e. The molecule has 0 aromatic carbocycles. The highest BCUT2D eigenvalue weighted by atomic mass is 32.2. The fraction of sp³-hybridized carbons (Fsp3) is 0.389. The Bertz CT molecular complexity index is 923. The van der Waals surface area contributed by atoms with Gasteiger partial charge < -0.3 is 9.88 Å². The number of fused-ring (bicyclic) bond motifs is 1. The minimum Gasteiger partial charge on any atom is -0.353 e. The molecular weight excluding hydrogens is 380 g/mol. The second-order valence-electron chi connectivity index (χ2n) is 6.46. The average Bonchev–Trinajstić information content (AvgIpc) is 3.23. The van der Waals surface area contributed by atoms with Gasteiger partial charge in [0.05, 0.1) is 5.75 Å². The Hall–Kier alpha value is -2.26. The second kappa shape index (κ2) is 8.18. The van der Waals surface area contributed by atoms with Crippen LogP contribution in [-0.2, 0) is 17.8 Å². The Morgan fingerprint density at radius 2 is 2.19 bits per heavy atom. The summed E-state index contributed by atoms with van der Waals surface area (Å²) in [5.41, 5.74) is 2.01. The lowest BCUT2D eigenvalue weighted by Gasteiger charge is -2.16. The molecule has 4 rings (SSSR count). The number of amides is 1. The Morgan fingerprint density at radius 3 is 2.96 bits per heavy atom. The molecule has 1 aliphatic heterocycles. The van der Waals surface area contributed by atoms with Crippen molar-refractivity contribution in [3.8, 4) is 11.4 Å². The van der Waals surface area contributed by atoms with E-state index < -0.39 is 0 Å². The number of pyridine rings is 1. The molecule has 4 heterocycles. The van der Waals surface area contributed by atoms with E-state index in [0.717, 1.165) is 53.1 Å². The van der Waals surface area contributed by atoms with Gasteiger partial charge in [0.15, 0.2) is 10.2 Å². The minimum atomic E-state index is 0.0601. The van der Waals surface area contributed by atoms with Gasteiger partial charge in [0.1, 0.15) is 5.82 Å². The van der Waals surface area contributed by atoms with Gasteiger partial charge in [0.2, 0.25) is 5.91 Å². The molecule has 3 aromatic rings. The van der Waals surface area contributed by atoms with Crippen molar-refractivity contribution >= 4 is 29.0 Å². The van der Waals surface area contributed by atoms with Gasteiger partial charge in [-0.3, -0.25) is 9.78 Å². The lowest BCUT2D eigenvalue weighted by atomic mass is 10.1. The number of aromatic nitrogens is 5. The normalized spacial score (nSPS) is 16.6. The first-order chi connectivity index (χ1) is 13.2. The highest BCUT2D eigenvalue weighted by Gasteiger charge is 2.22. The summed E-state index contributed by atoms with van der Waals surface area (Å²) in [6.07, 6.45) is 6.08. The standard InChI is InChI=1S/C18H20N6OS2/c1-12-10-26-18(20-12)27-11-16(25)21-14-2-3-15-22-23-17(24(15)9-6-14)13-4-7-19-8-5-13/h4-5,7-8,10,14H,2-3,6,9,11H2,1H3,(H,21,25). The lowest BCUT2D eigenvalue weighted by molar-refractivity contribution is -0.119. The summed E-state index contributed by atoms with van der Waals surface area (Å²) in [6.45, 7) is 2.76. The molecule has 0 fully saturated rings. The van der Waals surface area contributed by atoms with Crippen molar-refractivity contribution in [1.29, 1.82) is 0 Å². The van der Waals surface area contributed by atoms with Gasteiger partial charge in [-0.1, -0.05) is 11.8 Å². The zero-order chi connectivity index (χ0) is 18.6. The van der Waals surface area contributed by atoms with Crippen LogP contribution in [0.15, 0.2) is 34.2 Å². The van der Waals surface area contributed by atoms with Crippen LogP contribution in [0.2, 0.25) is 0 Å². The summed E-state index contributed by atoms with van der Waals surface area (Å²) in [6, 6.07) is 4.04. The largest absolute Gasteiger partial charge is 0.353 e. The average molecular weight is 401 g/mol.